The lowest BCUT2D eigenvalue weighted by molar-refractivity contribution is -0.119. The van der Waals surface area contributed by atoms with Crippen molar-refractivity contribution >= 4 is 5.69 Å². The quantitative estimate of drug-likeness (QED) is 0.854. The zero-order valence-corrected chi connectivity index (χ0v) is 10.1. The number of nitrogens with zero attached hydrogens (tertiary/aromatic N) is 1. The Labute approximate surface area is 104 Å². The molecule has 3 nitrogen and oxygen atoms in total. The number of benzene rings is 1. The number of para-hydroxylation sites is 1. The van der Waals surface area contributed by atoms with Crippen molar-refractivity contribution in [2.24, 2.45) is 5.73 Å². The van der Waals surface area contributed by atoms with Gasteiger partial charge in [0.2, 0.25) is 0 Å². The first-order valence-corrected chi connectivity index (χ1v) is 5.62. The minimum Gasteiger partial charge on any atom is -0.395 e. The second-order valence-electron chi connectivity index (χ2n) is 4.11. The molecule has 0 aliphatic heterocycles. The van der Waals surface area contributed by atoms with Crippen LogP contribution >= 0.6 is 0 Å². The first-order chi connectivity index (χ1) is 8.35. The molecule has 0 saturated carbocycles. The third kappa shape index (κ3) is 4.19. The van der Waals surface area contributed by atoms with Gasteiger partial charge in [0.25, 0.3) is 0 Å². The van der Waals surface area contributed by atoms with Crippen LogP contribution < -0.4 is 10.6 Å². The van der Waals surface area contributed by atoms with E-state index in [2.05, 4.69) is 0 Å². The van der Waals surface area contributed by atoms with Crippen molar-refractivity contribution < 1.29 is 18.3 Å². The summed E-state index contributed by atoms with van der Waals surface area (Å²) in [4.78, 5) is 1.10. The molecule has 1 atom stereocenters. The lowest BCUT2D eigenvalue weighted by Gasteiger charge is -2.28. The van der Waals surface area contributed by atoms with E-state index in [9.17, 15) is 13.2 Å². The summed E-state index contributed by atoms with van der Waals surface area (Å²) in [5.74, 6) is 0. The van der Waals surface area contributed by atoms with Gasteiger partial charge in [0.15, 0.2) is 0 Å². The van der Waals surface area contributed by atoms with Gasteiger partial charge in [0.1, 0.15) is 6.54 Å². The van der Waals surface area contributed by atoms with Gasteiger partial charge in [0.05, 0.1) is 6.61 Å². The molecule has 0 unspecified atom stereocenters. The zero-order valence-electron chi connectivity index (χ0n) is 10.1. The summed E-state index contributed by atoms with van der Waals surface area (Å²) in [6.45, 7) is 0.188. The van der Waals surface area contributed by atoms with E-state index in [4.69, 9.17) is 10.8 Å². The van der Waals surface area contributed by atoms with Crippen molar-refractivity contribution in [3.63, 3.8) is 0 Å². The molecule has 0 radical (unpaired) electrons. The molecule has 0 spiro atoms. The fourth-order valence-corrected chi connectivity index (χ4v) is 1.78. The first-order valence-electron chi connectivity index (χ1n) is 5.62. The van der Waals surface area contributed by atoms with E-state index in [0.717, 1.165) is 4.90 Å². The third-order valence-electron chi connectivity index (χ3n) is 2.51. The number of aliphatic hydroxyl groups is 1. The van der Waals surface area contributed by atoms with Crippen molar-refractivity contribution in [2.75, 3.05) is 24.6 Å². The Morgan fingerprint density at radius 3 is 2.44 bits per heavy atom. The molecule has 0 aromatic heterocycles. The molecule has 1 aromatic rings. The summed E-state index contributed by atoms with van der Waals surface area (Å²) in [6, 6.07) is 6.30. The summed E-state index contributed by atoms with van der Waals surface area (Å²) in [6.07, 6.45) is -4.32. The van der Waals surface area contributed by atoms with Crippen molar-refractivity contribution in [3.05, 3.63) is 29.8 Å². The maximum atomic E-state index is 12.5. The molecule has 0 aliphatic carbocycles. The van der Waals surface area contributed by atoms with Crippen molar-refractivity contribution in [3.8, 4) is 0 Å². The number of alkyl halides is 3. The number of anilines is 1. The summed E-state index contributed by atoms with van der Waals surface area (Å²) in [7, 11) is 0. The Morgan fingerprint density at radius 1 is 1.33 bits per heavy atom. The summed E-state index contributed by atoms with van der Waals surface area (Å²) in [5.41, 5.74) is 6.79. The first kappa shape index (κ1) is 14.8. The second kappa shape index (κ2) is 6.06. The summed E-state index contributed by atoms with van der Waals surface area (Å²) < 4.78 is 37.5. The molecule has 1 rings (SSSR count). The Hall–Kier alpha value is -1.27. The van der Waals surface area contributed by atoms with E-state index in [-0.39, 0.29) is 19.2 Å². The van der Waals surface area contributed by atoms with Crippen molar-refractivity contribution in [1.29, 1.82) is 0 Å². The number of rotatable bonds is 5. The molecule has 0 aliphatic rings. The van der Waals surface area contributed by atoms with E-state index < -0.39 is 12.7 Å². The number of nitrogens with two attached hydrogens (primary N) is 1. The van der Waals surface area contributed by atoms with Crippen LogP contribution in [0.15, 0.2) is 24.3 Å². The van der Waals surface area contributed by atoms with Gasteiger partial charge in [-0.1, -0.05) is 18.2 Å². The van der Waals surface area contributed by atoms with E-state index in [1.807, 2.05) is 0 Å². The van der Waals surface area contributed by atoms with Crippen LogP contribution in [-0.2, 0) is 0 Å². The molecule has 0 bridgehead atoms. The molecular weight excluding hydrogens is 245 g/mol. The molecule has 102 valence electrons. The van der Waals surface area contributed by atoms with Gasteiger partial charge in [-0.25, -0.2) is 0 Å². The van der Waals surface area contributed by atoms with Crippen LogP contribution in [0.1, 0.15) is 18.5 Å². The molecule has 0 heterocycles. The normalized spacial score (nSPS) is 13.4. The Balaban J connectivity index is 3.05. The number of hydrogen-bond donors (Lipinski definition) is 2. The summed E-state index contributed by atoms with van der Waals surface area (Å²) in [5, 5.41) is 8.88. The molecular formula is C12H17F3N2O. The Bertz CT molecular complexity index is 380. The van der Waals surface area contributed by atoms with Crippen molar-refractivity contribution in [2.45, 2.75) is 19.1 Å². The average molecular weight is 262 g/mol. The highest BCUT2D eigenvalue weighted by molar-refractivity contribution is 5.55. The number of hydrogen-bond acceptors (Lipinski definition) is 3. The van der Waals surface area contributed by atoms with Crippen LogP contribution in [0.5, 0.6) is 0 Å². The Kier molecular flexibility index (Phi) is 4.98. The SMILES string of the molecule is C[C@H](N)c1ccccc1N(CCO)CC(F)(F)F. The predicted octanol–water partition coefficient (Wildman–Crippen LogP) is 2.07. The van der Waals surface area contributed by atoms with Gasteiger partial charge in [-0.2, -0.15) is 13.2 Å². The lowest BCUT2D eigenvalue weighted by Crippen LogP contribution is -2.37. The maximum Gasteiger partial charge on any atom is 0.405 e. The smallest absolute Gasteiger partial charge is 0.395 e. The molecule has 0 saturated heterocycles. The highest BCUT2D eigenvalue weighted by atomic mass is 19.4. The standard InChI is InChI=1S/C12H17F3N2O/c1-9(16)10-4-2-3-5-11(10)17(6-7-18)8-12(13,14)15/h2-5,9,18H,6-8,16H2,1H3/t9-/m0/s1. The third-order valence-corrected chi connectivity index (χ3v) is 2.51. The monoisotopic (exact) mass is 262 g/mol. The number of aliphatic hydroxyl groups excluding tert-OH is 1. The van der Waals surface area contributed by atoms with Crippen LogP contribution in [0.25, 0.3) is 0 Å². The topological polar surface area (TPSA) is 49.5 Å². The van der Waals surface area contributed by atoms with Crippen LogP contribution in [0.4, 0.5) is 18.9 Å². The van der Waals surface area contributed by atoms with Crippen LogP contribution in [0.3, 0.4) is 0 Å². The maximum absolute atomic E-state index is 12.5. The van der Waals surface area contributed by atoms with Gasteiger partial charge in [-0.15, -0.1) is 0 Å². The second-order valence-corrected chi connectivity index (χ2v) is 4.11. The van der Waals surface area contributed by atoms with E-state index in [1.165, 1.54) is 0 Å². The van der Waals surface area contributed by atoms with Crippen LogP contribution in [-0.4, -0.2) is 31.0 Å². The van der Waals surface area contributed by atoms with E-state index in [1.54, 1.807) is 31.2 Å². The van der Waals surface area contributed by atoms with Gasteiger partial charge in [-0.05, 0) is 18.6 Å². The molecule has 3 N–H and O–H groups in total. The fourth-order valence-electron chi connectivity index (χ4n) is 1.78. The largest absolute Gasteiger partial charge is 0.405 e. The van der Waals surface area contributed by atoms with Gasteiger partial charge >= 0.3 is 6.18 Å². The lowest BCUT2D eigenvalue weighted by atomic mass is 10.1. The highest BCUT2D eigenvalue weighted by Crippen LogP contribution is 2.27. The van der Waals surface area contributed by atoms with Gasteiger partial charge < -0.3 is 15.7 Å². The van der Waals surface area contributed by atoms with Crippen LogP contribution in [0, 0.1) is 0 Å². The molecule has 0 amide bonds. The van der Waals surface area contributed by atoms with E-state index >= 15 is 0 Å². The average Bonchev–Trinajstić information content (AvgIpc) is 2.26. The minimum atomic E-state index is -4.32. The molecule has 18 heavy (non-hydrogen) atoms. The molecule has 0 fully saturated rings. The van der Waals surface area contributed by atoms with E-state index in [0.29, 0.717) is 11.3 Å². The van der Waals surface area contributed by atoms with Gasteiger partial charge in [-0.3, -0.25) is 0 Å². The van der Waals surface area contributed by atoms with Crippen LogP contribution in [0.2, 0.25) is 0 Å². The van der Waals surface area contributed by atoms with Crippen molar-refractivity contribution in [1.82, 2.24) is 0 Å². The molecule has 1 aromatic carbocycles. The predicted molar refractivity (Wildman–Crippen MR) is 64.4 cm³/mol. The molecule has 6 heteroatoms. The number of halogens is 3. The van der Waals surface area contributed by atoms with Gasteiger partial charge in [0, 0.05) is 18.3 Å². The summed E-state index contributed by atoms with van der Waals surface area (Å²) >= 11 is 0. The Morgan fingerprint density at radius 2 is 1.94 bits per heavy atom. The fraction of sp³-hybridized carbons (Fsp3) is 0.500. The zero-order chi connectivity index (χ0) is 13.8. The minimum absolute atomic E-state index is 0.0801. The highest BCUT2D eigenvalue weighted by Gasteiger charge is 2.31.